The van der Waals surface area contributed by atoms with Crippen molar-refractivity contribution in [1.82, 2.24) is 15.0 Å². The summed E-state index contributed by atoms with van der Waals surface area (Å²) >= 11 is 0. The van der Waals surface area contributed by atoms with Gasteiger partial charge >= 0.3 is 0 Å². The molecule has 1 aromatic heterocycles. The standard InChI is InChI=1S/C27H37N7O4S/c1-6-33(7-2)27-31-25(28-21-13-12-20(18-23(21)37-5)34-14-16-38-17-15-34)30-26(32-27)29-22-10-8-9-11-24(22)39(35,36)19(3)4/h8-13,18-19H,6-7,14-17H2,1-5H3,(H2,28,29,30,31,32). The molecule has 1 aliphatic heterocycles. The van der Waals surface area contributed by atoms with Crippen molar-refractivity contribution >= 4 is 44.7 Å². The minimum Gasteiger partial charge on any atom is -0.494 e. The van der Waals surface area contributed by atoms with Crippen LogP contribution < -0.4 is 25.2 Å². The molecule has 0 saturated carbocycles. The van der Waals surface area contributed by atoms with E-state index in [4.69, 9.17) is 9.47 Å². The van der Waals surface area contributed by atoms with Crippen LogP contribution in [0.1, 0.15) is 27.7 Å². The molecule has 2 heterocycles. The third kappa shape index (κ3) is 6.51. The van der Waals surface area contributed by atoms with Gasteiger partial charge in [-0.05, 0) is 52.0 Å². The molecule has 2 N–H and O–H groups in total. The van der Waals surface area contributed by atoms with E-state index in [2.05, 4.69) is 30.5 Å². The van der Waals surface area contributed by atoms with Gasteiger partial charge in [0.05, 0.1) is 41.8 Å². The summed E-state index contributed by atoms with van der Waals surface area (Å²) < 4.78 is 37.1. The average Bonchev–Trinajstić information content (AvgIpc) is 2.94. The zero-order valence-electron chi connectivity index (χ0n) is 23.1. The van der Waals surface area contributed by atoms with Crippen molar-refractivity contribution in [2.24, 2.45) is 0 Å². The quantitative estimate of drug-likeness (QED) is 0.353. The third-order valence-electron chi connectivity index (χ3n) is 6.54. The molecule has 1 saturated heterocycles. The van der Waals surface area contributed by atoms with Crippen LogP contribution in [0, 0.1) is 0 Å². The highest BCUT2D eigenvalue weighted by Crippen LogP contribution is 2.33. The Morgan fingerprint density at radius 2 is 1.62 bits per heavy atom. The zero-order chi connectivity index (χ0) is 28.0. The van der Waals surface area contributed by atoms with Crippen molar-refractivity contribution in [2.75, 3.05) is 66.9 Å². The summed E-state index contributed by atoms with van der Waals surface area (Å²) in [5.74, 6) is 1.64. The SMILES string of the molecule is CCN(CC)c1nc(Nc2ccc(N3CCOCC3)cc2OC)nc(Nc2ccccc2S(=O)(=O)C(C)C)n1. The number of hydrogen-bond donors (Lipinski definition) is 2. The fraction of sp³-hybridized carbons (Fsp3) is 0.444. The van der Waals surface area contributed by atoms with E-state index in [0.717, 1.165) is 18.8 Å². The number of methoxy groups -OCH3 is 1. The molecule has 0 bridgehead atoms. The number of benzene rings is 2. The molecule has 1 aliphatic rings. The topological polar surface area (TPSA) is 122 Å². The summed E-state index contributed by atoms with van der Waals surface area (Å²) in [5, 5.41) is 5.82. The first-order valence-corrected chi connectivity index (χ1v) is 14.7. The molecular formula is C27H37N7O4S. The number of hydrogen-bond acceptors (Lipinski definition) is 11. The molecule has 39 heavy (non-hydrogen) atoms. The van der Waals surface area contributed by atoms with Gasteiger partial charge in [0.25, 0.3) is 0 Å². The third-order valence-corrected chi connectivity index (χ3v) is 8.75. The van der Waals surface area contributed by atoms with E-state index >= 15 is 0 Å². The highest BCUT2D eigenvalue weighted by atomic mass is 32.2. The van der Waals surface area contributed by atoms with Gasteiger partial charge in [-0.2, -0.15) is 15.0 Å². The van der Waals surface area contributed by atoms with E-state index in [9.17, 15) is 8.42 Å². The van der Waals surface area contributed by atoms with Gasteiger partial charge in [-0.25, -0.2) is 8.42 Å². The van der Waals surface area contributed by atoms with Gasteiger partial charge in [-0.15, -0.1) is 0 Å². The Morgan fingerprint density at radius 3 is 2.23 bits per heavy atom. The molecule has 4 rings (SSSR count). The van der Waals surface area contributed by atoms with E-state index in [1.807, 2.05) is 36.9 Å². The molecule has 3 aromatic rings. The van der Waals surface area contributed by atoms with E-state index in [-0.39, 0.29) is 10.8 Å². The lowest BCUT2D eigenvalue weighted by molar-refractivity contribution is 0.122. The van der Waals surface area contributed by atoms with Gasteiger partial charge in [0.15, 0.2) is 9.84 Å². The maximum Gasteiger partial charge on any atom is 0.233 e. The maximum absolute atomic E-state index is 13.0. The van der Waals surface area contributed by atoms with Gasteiger partial charge < -0.3 is 29.9 Å². The Balaban J connectivity index is 1.70. The first-order chi connectivity index (χ1) is 18.8. The van der Waals surface area contributed by atoms with E-state index in [0.29, 0.717) is 55.3 Å². The van der Waals surface area contributed by atoms with Gasteiger partial charge in [-0.1, -0.05) is 12.1 Å². The molecular weight excluding hydrogens is 518 g/mol. The lowest BCUT2D eigenvalue weighted by atomic mass is 10.2. The molecule has 0 amide bonds. The predicted molar refractivity (Wildman–Crippen MR) is 155 cm³/mol. The van der Waals surface area contributed by atoms with Crippen LogP contribution in [0.15, 0.2) is 47.4 Å². The fourth-order valence-corrected chi connectivity index (χ4v) is 5.44. The molecule has 0 aliphatic carbocycles. The number of ether oxygens (including phenoxy) is 2. The number of nitrogens with zero attached hydrogens (tertiary/aromatic N) is 5. The second-order valence-electron chi connectivity index (χ2n) is 9.28. The summed E-state index contributed by atoms with van der Waals surface area (Å²) in [5.41, 5.74) is 2.15. The molecule has 1 fully saturated rings. The highest BCUT2D eigenvalue weighted by Gasteiger charge is 2.23. The van der Waals surface area contributed by atoms with E-state index in [1.165, 1.54) is 0 Å². The van der Waals surface area contributed by atoms with Crippen LogP contribution >= 0.6 is 0 Å². The van der Waals surface area contributed by atoms with Crippen molar-refractivity contribution < 1.29 is 17.9 Å². The lowest BCUT2D eigenvalue weighted by Crippen LogP contribution is -2.36. The highest BCUT2D eigenvalue weighted by molar-refractivity contribution is 7.92. The van der Waals surface area contributed by atoms with Crippen molar-refractivity contribution in [3.05, 3.63) is 42.5 Å². The summed E-state index contributed by atoms with van der Waals surface area (Å²) in [7, 11) is -1.91. The van der Waals surface area contributed by atoms with Crippen LogP contribution in [0.4, 0.5) is 34.9 Å². The summed E-state index contributed by atoms with van der Waals surface area (Å²) in [6.07, 6.45) is 0. The van der Waals surface area contributed by atoms with Crippen LogP contribution in [-0.2, 0) is 14.6 Å². The van der Waals surface area contributed by atoms with Crippen molar-refractivity contribution in [3.8, 4) is 5.75 Å². The molecule has 0 unspecified atom stereocenters. The van der Waals surface area contributed by atoms with Crippen molar-refractivity contribution in [3.63, 3.8) is 0 Å². The monoisotopic (exact) mass is 555 g/mol. The molecule has 0 spiro atoms. The minimum absolute atomic E-state index is 0.194. The largest absolute Gasteiger partial charge is 0.494 e. The van der Waals surface area contributed by atoms with Crippen LogP contribution in [0.2, 0.25) is 0 Å². The van der Waals surface area contributed by atoms with Crippen molar-refractivity contribution in [2.45, 2.75) is 37.8 Å². The maximum atomic E-state index is 13.0. The van der Waals surface area contributed by atoms with Gasteiger partial charge in [0.1, 0.15) is 5.75 Å². The molecule has 0 radical (unpaired) electrons. The van der Waals surface area contributed by atoms with Crippen molar-refractivity contribution in [1.29, 1.82) is 0 Å². The Labute approximate surface area is 230 Å². The number of anilines is 6. The summed E-state index contributed by atoms with van der Waals surface area (Å²) in [6.45, 7) is 11.8. The summed E-state index contributed by atoms with van der Waals surface area (Å²) in [4.78, 5) is 18.3. The number of nitrogens with one attached hydrogen (secondary N) is 2. The van der Waals surface area contributed by atoms with Gasteiger partial charge in [0.2, 0.25) is 17.8 Å². The average molecular weight is 556 g/mol. The number of para-hydroxylation sites is 1. The van der Waals surface area contributed by atoms with E-state index in [1.54, 1.807) is 45.2 Å². The Morgan fingerprint density at radius 1 is 0.974 bits per heavy atom. The first-order valence-electron chi connectivity index (χ1n) is 13.2. The number of rotatable bonds is 11. The Kier molecular flexibility index (Phi) is 9.08. The zero-order valence-corrected chi connectivity index (χ0v) is 24.0. The van der Waals surface area contributed by atoms with E-state index < -0.39 is 15.1 Å². The smallest absolute Gasteiger partial charge is 0.233 e. The predicted octanol–water partition coefficient (Wildman–Crippen LogP) is 4.23. The van der Waals surface area contributed by atoms with Crippen LogP contribution in [0.25, 0.3) is 0 Å². The Hall–Kier alpha value is -3.64. The molecule has 210 valence electrons. The Bertz CT molecular complexity index is 1370. The number of sulfone groups is 1. The molecule has 11 nitrogen and oxygen atoms in total. The molecule has 0 atom stereocenters. The lowest BCUT2D eigenvalue weighted by Gasteiger charge is -2.29. The molecule has 12 heteroatoms. The fourth-order valence-electron chi connectivity index (χ4n) is 4.24. The van der Waals surface area contributed by atoms with Crippen LogP contribution in [0.3, 0.4) is 0 Å². The second kappa shape index (κ2) is 12.5. The number of aromatic nitrogens is 3. The first kappa shape index (κ1) is 28.4. The number of morpholine rings is 1. The van der Waals surface area contributed by atoms with Gasteiger partial charge in [-0.3, -0.25) is 0 Å². The minimum atomic E-state index is -3.53. The molecule has 2 aromatic carbocycles. The van der Waals surface area contributed by atoms with Crippen LogP contribution in [-0.4, -0.2) is 75.1 Å². The summed E-state index contributed by atoms with van der Waals surface area (Å²) in [6, 6.07) is 12.7. The normalized spacial score (nSPS) is 13.8. The van der Waals surface area contributed by atoms with Crippen LogP contribution in [0.5, 0.6) is 5.75 Å². The van der Waals surface area contributed by atoms with Gasteiger partial charge in [0, 0.05) is 37.9 Å². The second-order valence-corrected chi connectivity index (χ2v) is 11.8.